The van der Waals surface area contributed by atoms with E-state index in [-0.39, 0.29) is 10.8 Å². The van der Waals surface area contributed by atoms with E-state index in [1.165, 1.54) is 119 Å². The summed E-state index contributed by atoms with van der Waals surface area (Å²) in [5, 5.41) is 10.6. The third kappa shape index (κ3) is 4.01. The summed E-state index contributed by atoms with van der Waals surface area (Å²) in [4.78, 5) is 0. The highest BCUT2D eigenvalue weighted by atomic mass is 32.1. The molecule has 0 spiro atoms. The lowest BCUT2D eigenvalue weighted by Crippen LogP contribution is -2.15. The van der Waals surface area contributed by atoms with Crippen LogP contribution in [0, 0.1) is 0 Å². The number of hydrogen-bond donors (Lipinski definition) is 0. The molecular weight excluding hydrogens is 681 g/mol. The van der Waals surface area contributed by atoms with Gasteiger partial charge >= 0.3 is 0 Å². The monoisotopic (exact) mass is 718 g/mol. The summed E-state index contributed by atoms with van der Waals surface area (Å²) >= 11 is 1.95. The van der Waals surface area contributed by atoms with Crippen molar-refractivity contribution in [2.75, 3.05) is 0 Å². The van der Waals surface area contributed by atoms with E-state index in [1.807, 2.05) is 11.3 Å². The Hall–Kier alpha value is -6.02. The van der Waals surface area contributed by atoms with E-state index in [0.29, 0.717) is 0 Å². The van der Waals surface area contributed by atoms with Crippen molar-refractivity contribution in [1.29, 1.82) is 0 Å². The van der Waals surface area contributed by atoms with Gasteiger partial charge in [-0.3, -0.25) is 0 Å². The lowest BCUT2D eigenvalue weighted by Gasteiger charge is -2.24. The molecule has 2 aliphatic rings. The lowest BCUT2D eigenvalue weighted by molar-refractivity contribution is 0.661. The van der Waals surface area contributed by atoms with Gasteiger partial charge in [-0.1, -0.05) is 167 Å². The van der Waals surface area contributed by atoms with Gasteiger partial charge < -0.3 is 0 Å². The van der Waals surface area contributed by atoms with Crippen molar-refractivity contribution in [3.63, 3.8) is 0 Å². The van der Waals surface area contributed by atoms with Gasteiger partial charge in [0, 0.05) is 36.6 Å². The van der Waals surface area contributed by atoms with Gasteiger partial charge in [0.2, 0.25) is 0 Å². The molecular formula is C54H38S. The molecule has 0 saturated heterocycles. The first kappa shape index (κ1) is 31.3. The lowest BCUT2D eigenvalue weighted by atomic mass is 9.79. The minimum Gasteiger partial charge on any atom is -0.135 e. The molecule has 12 rings (SSSR count). The molecule has 0 saturated carbocycles. The Bertz CT molecular complexity index is 3260. The van der Waals surface area contributed by atoms with Crippen molar-refractivity contribution < 1.29 is 0 Å². The first-order chi connectivity index (χ1) is 26.8. The summed E-state index contributed by atoms with van der Waals surface area (Å²) in [5.41, 5.74) is 16.2. The average Bonchev–Trinajstić information content (AvgIpc) is 3.79. The van der Waals surface area contributed by atoms with Crippen molar-refractivity contribution in [2.24, 2.45) is 0 Å². The van der Waals surface area contributed by atoms with Gasteiger partial charge in [0.1, 0.15) is 0 Å². The maximum absolute atomic E-state index is 2.55. The zero-order valence-electron chi connectivity index (χ0n) is 31.4. The normalized spacial score (nSPS) is 14.8. The highest BCUT2D eigenvalue weighted by Gasteiger charge is 2.39. The number of benzene rings is 9. The largest absolute Gasteiger partial charge is 0.135 e. The minimum absolute atomic E-state index is 0.103. The van der Waals surface area contributed by atoms with Crippen molar-refractivity contribution in [3.8, 4) is 44.5 Å². The van der Waals surface area contributed by atoms with Crippen LogP contribution in [-0.2, 0) is 10.8 Å². The molecule has 9 aromatic carbocycles. The molecule has 0 bridgehead atoms. The molecule has 0 fully saturated rings. The van der Waals surface area contributed by atoms with E-state index in [4.69, 9.17) is 0 Å². The predicted molar refractivity (Wildman–Crippen MR) is 238 cm³/mol. The Morgan fingerprint density at radius 1 is 0.382 bits per heavy atom. The molecule has 0 aliphatic heterocycles. The second-order valence-corrected chi connectivity index (χ2v) is 17.8. The first-order valence-electron chi connectivity index (χ1n) is 19.5. The summed E-state index contributed by atoms with van der Waals surface area (Å²) in [6, 6.07) is 59.8. The maximum atomic E-state index is 2.55. The summed E-state index contributed by atoms with van der Waals surface area (Å²) in [6.07, 6.45) is 0. The molecule has 55 heavy (non-hydrogen) atoms. The summed E-state index contributed by atoms with van der Waals surface area (Å²) in [5.74, 6) is 0. The zero-order valence-corrected chi connectivity index (χ0v) is 32.2. The Morgan fingerprint density at radius 2 is 1.00 bits per heavy atom. The Morgan fingerprint density at radius 3 is 1.75 bits per heavy atom. The van der Waals surface area contributed by atoms with Crippen molar-refractivity contribution in [1.82, 2.24) is 0 Å². The standard InChI is InChI=1S/C54H38S/c1-53(2)44-28-26-31-15-5-6-16-33(31)49(44)39-27-25-32(29-45(39)53)47-35-18-7-9-20-37(35)48(38-21-10-8-19-36(38)47)42-30-41-34-17-11-13-23-43(34)54(3,4)51(41)50-40-22-12-14-24-46(40)55-52(42)50/h5-30H,1-4H3. The molecule has 10 aromatic rings. The Kier molecular flexibility index (Phi) is 6.16. The number of fused-ring (bicyclic) bond motifs is 14. The molecule has 1 aromatic heterocycles. The van der Waals surface area contributed by atoms with Gasteiger partial charge in [-0.05, 0) is 112 Å². The maximum Gasteiger partial charge on any atom is 0.0437 e. The average molecular weight is 719 g/mol. The molecule has 0 amide bonds. The van der Waals surface area contributed by atoms with Crippen LogP contribution in [0.4, 0.5) is 0 Å². The van der Waals surface area contributed by atoms with E-state index in [1.54, 1.807) is 0 Å². The van der Waals surface area contributed by atoms with Gasteiger partial charge in [-0.25, -0.2) is 0 Å². The van der Waals surface area contributed by atoms with Crippen LogP contribution in [0.5, 0.6) is 0 Å². The van der Waals surface area contributed by atoms with Crippen LogP contribution < -0.4 is 0 Å². The second kappa shape index (κ2) is 10.8. The molecule has 0 N–H and O–H groups in total. The van der Waals surface area contributed by atoms with Gasteiger partial charge in [-0.15, -0.1) is 11.3 Å². The molecule has 2 aliphatic carbocycles. The highest BCUT2D eigenvalue weighted by Crippen LogP contribution is 2.58. The molecule has 260 valence electrons. The van der Waals surface area contributed by atoms with Gasteiger partial charge in [0.15, 0.2) is 0 Å². The predicted octanol–water partition coefficient (Wildman–Crippen LogP) is 15.5. The van der Waals surface area contributed by atoms with Gasteiger partial charge in [0.05, 0.1) is 0 Å². The summed E-state index contributed by atoms with van der Waals surface area (Å²) in [7, 11) is 0. The van der Waals surface area contributed by atoms with Gasteiger partial charge in [-0.2, -0.15) is 0 Å². The van der Waals surface area contributed by atoms with Crippen LogP contribution in [0.15, 0.2) is 158 Å². The van der Waals surface area contributed by atoms with E-state index < -0.39 is 0 Å². The quantitative estimate of drug-likeness (QED) is 0.156. The van der Waals surface area contributed by atoms with E-state index in [0.717, 1.165) is 0 Å². The van der Waals surface area contributed by atoms with Crippen LogP contribution in [0.25, 0.3) is 97.0 Å². The fraction of sp³-hybridized carbons (Fsp3) is 0.111. The SMILES string of the molecule is CC1(C)c2cc(-c3c4ccccc4c(-c4cc5c(c6c4sc4ccccc46)C(C)(C)c4ccccc4-5)c4ccccc34)ccc2-c2c1ccc1ccccc21. The third-order valence-electron chi connectivity index (χ3n) is 13.2. The number of rotatable bonds is 2. The van der Waals surface area contributed by atoms with E-state index >= 15 is 0 Å². The van der Waals surface area contributed by atoms with Crippen LogP contribution in [0.2, 0.25) is 0 Å². The van der Waals surface area contributed by atoms with Crippen LogP contribution >= 0.6 is 11.3 Å². The van der Waals surface area contributed by atoms with E-state index in [9.17, 15) is 0 Å². The number of thiophene rings is 1. The smallest absolute Gasteiger partial charge is 0.0437 e. The third-order valence-corrected chi connectivity index (χ3v) is 14.4. The molecule has 0 nitrogen and oxygen atoms in total. The van der Waals surface area contributed by atoms with Gasteiger partial charge in [0.25, 0.3) is 0 Å². The minimum atomic E-state index is -0.114. The fourth-order valence-electron chi connectivity index (χ4n) is 10.7. The molecule has 0 unspecified atom stereocenters. The highest BCUT2D eigenvalue weighted by molar-refractivity contribution is 7.26. The fourth-order valence-corrected chi connectivity index (χ4v) is 12.0. The number of hydrogen-bond acceptors (Lipinski definition) is 1. The molecule has 1 heteroatoms. The zero-order chi connectivity index (χ0) is 36.8. The molecule has 0 atom stereocenters. The van der Waals surface area contributed by atoms with Crippen LogP contribution in [0.1, 0.15) is 49.9 Å². The first-order valence-corrected chi connectivity index (χ1v) is 20.3. The van der Waals surface area contributed by atoms with Crippen molar-refractivity contribution in [3.05, 3.63) is 180 Å². The van der Waals surface area contributed by atoms with Crippen molar-refractivity contribution in [2.45, 2.75) is 38.5 Å². The summed E-state index contributed by atoms with van der Waals surface area (Å²) < 4.78 is 2.73. The molecule has 0 radical (unpaired) electrons. The van der Waals surface area contributed by atoms with E-state index in [2.05, 4.69) is 185 Å². The second-order valence-electron chi connectivity index (χ2n) is 16.8. The topological polar surface area (TPSA) is 0 Å². The molecule has 1 heterocycles. The van der Waals surface area contributed by atoms with Crippen LogP contribution in [-0.4, -0.2) is 0 Å². The summed E-state index contributed by atoms with van der Waals surface area (Å²) in [6.45, 7) is 9.64. The van der Waals surface area contributed by atoms with Crippen molar-refractivity contribution >= 4 is 63.8 Å². The Balaban J connectivity index is 1.18. The Labute approximate surface area is 325 Å². The van der Waals surface area contributed by atoms with Crippen LogP contribution in [0.3, 0.4) is 0 Å².